The normalized spacial score (nSPS) is 15.5. The number of carbonyl (C=O) groups excluding carboxylic acids is 2. The molecule has 0 bridgehead atoms. The van der Waals surface area contributed by atoms with Gasteiger partial charge in [0.2, 0.25) is 5.91 Å². The molecule has 2 aromatic carbocycles. The predicted molar refractivity (Wildman–Crippen MR) is 144 cm³/mol. The highest BCUT2D eigenvalue weighted by Gasteiger charge is 2.28. The van der Waals surface area contributed by atoms with Crippen LogP contribution >= 0.6 is 0 Å². The van der Waals surface area contributed by atoms with Crippen LogP contribution in [0.3, 0.4) is 0 Å². The van der Waals surface area contributed by atoms with Gasteiger partial charge in [-0.15, -0.1) is 0 Å². The Morgan fingerprint density at radius 1 is 1.18 bits per heavy atom. The minimum absolute atomic E-state index is 0.0465. The summed E-state index contributed by atoms with van der Waals surface area (Å²) in [6.07, 6.45) is 5.29. The van der Waals surface area contributed by atoms with E-state index in [1.807, 2.05) is 28.9 Å². The van der Waals surface area contributed by atoms with E-state index >= 15 is 0 Å². The van der Waals surface area contributed by atoms with E-state index in [4.69, 9.17) is 10.8 Å². The molecule has 0 spiro atoms. The lowest BCUT2D eigenvalue weighted by molar-refractivity contribution is -0.127. The molecule has 1 saturated heterocycles. The lowest BCUT2D eigenvalue weighted by atomic mass is 9.98. The molecule has 4 aromatic rings. The van der Waals surface area contributed by atoms with Crippen LogP contribution in [-0.2, 0) is 11.2 Å². The molecular weight excluding hydrogens is 483 g/mol. The van der Waals surface area contributed by atoms with Crippen LogP contribution in [0.15, 0.2) is 61.4 Å². The van der Waals surface area contributed by atoms with Gasteiger partial charge in [0.25, 0.3) is 0 Å². The monoisotopic (exact) mass is 512 g/mol. The Morgan fingerprint density at radius 3 is 2.74 bits per heavy atom. The second kappa shape index (κ2) is 10.5. The van der Waals surface area contributed by atoms with E-state index in [0.29, 0.717) is 53.2 Å². The zero-order chi connectivity index (χ0) is 26.8. The number of benzene rings is 2. The average molecular weight is 513 g/mol. The molecule has 1 atom stereocenters. The number of aromatic nitrogens is 4. The number of piperidine rings is 1. The van der Waals surface area contributed by atoms with Gasteiger partial charge in [-0.1, -0.05) is 43.0 Å². The first-order valence-corrected chi connectivity index (χ1v) is 12.6. The van der Waals surface area contributed by atoms with Crippen LogP contribution in [0.25, 0.3) is 22.3 Å². The highest BCUT2D eigenvalue weighted by molar-refractivity contribution is 5.99. The Bertz CT molecular complexity index is 1530. The maximum absolute atomic E-state index is 13.8. The fraction of sp³-hybridized carbons (Fsp3) is 0.276. The average Bonchev–Trinajstić information content (AvgIpc) is 3.34. The van der Waals surface area contributed by atoms with E-state index in [9.17, 15) is 14.0 Å². The van der Waals surface area contributed by atoms with E-state index < -0.39 is 0 Å². The summed E-state index contributed by atoms with van der Waals surface area (Å²) >= 11 is 0. The van der Waals surface area contributed by atoms with E-state index in [2.05, 4.69) is 16.5 Å². The molecule has 0 aliphatic carbocycles. The van der Waals surface area contributed by atoms with E-state index in [0.717, 1.165) is 24.0 Å². The van der Waals surface area contributed by atoms with Crippen molar-refractivity contribution in [3.05, 3.63) is 84.0 Å². The number of nitrogens with zero attached hydrogens (tertiary/aromatic N) is 5. The van der Waals surface area contributed by atoms with Crippen LogP contribution < -0.4 is 5.73 Å². The maximum Gasteiger partial charge on any atom is 0.246 e. The number of carbonyl (C=O) groups is 2. The summed E-state index contributed by atoms with van der Waals surface area (Å²) in [7, 11) is 0. The number of ketones is 1. The number of aryl methyl sites for hydroxylation is 1. The molecule has 0 saturated carbocycles. The molecule has 1 aliphatic heterocycles. The smallest absolute Gasteiger partial charge is 0.246 e. The molecule has 194 valence electrons. The van der Waals surface area contributed by atoms with E-state index in [1.54, 1.807) is 24.0 Å². The highest BCUT2D eigenvalue weighted by atomic mass is 19.1. The van der Waals surface area contributed by atoms with Crippen LogP contribution in [0.5, 0.6) is 0 Å². The van der Waals surface area contributed by atoms with Gasteiger partial charge in [0.15, 0.2) is 11.4 Å². The van der Waals surface area contributed by atoms with Gasteiger partial charge in [-0.3, -0.25) is 9.59 Å². The molecule has 8 nitrogen and oxygen atoms in total. The van der Waals surface area contributed by atoms with Gasteiger partial charge in [0, 0.05) is 30.6 Å². The second-order valence-corrected chi connectivity index (χ2v) is 9.57. The Labute approximate surface area is 220 Å². The molecule has 1 amide bonds. The number of anilines is 1. The number of hydrogen-bond donors (Lipinski definition) is 1. The van der Waals surface area contributed by atoms with Gasteiger partial charge < -0.3 is 10.6 Å². The van der Waals surface area contributed by atoms with Gasteiger partial charge in [-0.2, -0.15) is 5.10 Å². The zero-order valence-corrected chi connectivity index (χ0v) is 21.2. The van der Waals surface area contributed by atoms with Gasteiger partial charge in [-0.05, 0) is 49.5 Å². The van der Waals surface area contributed by atoms with Crippen molar-refractivity contribution in [2.75, 3.05) is 18.8 Å². The topological polar surface area (TPSA) is 107 Å². The quantitative estimate of drug-likeness (QED) is 0.284. The van der Waals surface area contributed by atoms with E-state index in [-0.39, 0.29) is 30.0 Å². The molecule has 1 unspecified atom stereocenters. The number of fused-ring (bicyclic) bond motifs is 1. The summed E-state index contributed by atoms with van der Waals surface area (Å²) in [4.78, 5) is 35.3. The Morgan fingerprint density at radius 2 is 1.97 bits per heavy atom. The van der Waals surface area contributed by atoms with Crippen LogP contribution in [0.4, 0.5) is 10.2 Å². The summed E-state index contributed by atoms with van der Waals surface area (Å²) in [6, 6.07) is 12.3. The molecule has 5 rings (SSSR count). The third kappa shape index (κ3) is 4.79. The largest absolute Gasteiger partial charge is 0.383 e. The van der Waals surface area contributed by atoms with Gasteiger partial charge >= 0.3 is 0 Å². The molecule has 3 heterocycles. The zero-order valence-electron chi connectivity index (χ0n) is 21.2. The molecule has 1 fully saturated rings. The summed E-state index contributed by atoms with van der Waals surface area (Å²) in [5.41, 5.74) is 10.2. The third-order valence-corrected chi connectivity index (χ3v) is 7.18. The van der Waals surface area contributed by atoms with Gasteiger partial charge in [-0.25, -0.2) is 19.0 Å². The van der Waals surface area contributed by atoms with Crippen LogP contribution in [0, 0.1) is 12.7 Å². The third-order valence-electron chi connectivity index (χ3n) is 7.18. The standard InChI is InChI=1S/C29H29FN6O2/c1-3-25(38)35-15-5-6-21(16-35)36-29-26(28(31)32-17-33-29)27(34-36)20-12-9-19(10-13-20)11-14-24(37)22-7-4-8-23(30)18(22)2/h3-4,7-10,12-13,17,21H,1,5-6,11,14-16H2,2H3,(H2,31,32,33). The fourth-order valence-electron chi connectivity index (χ4n) is 5.07. The highest BCUT2D eigenvalue weighted by Crippen LogP contribution is 2.34. The Hall–Kier alpha value is -4.40. The minimum Gasteiger partial charge on any atom is -0.383 e. The number of amides is 1. The fourth-order valence-corrected chi connectivity index (χ4v) is 5.07. The number of hydrogen-bond acceptors (Lipinski definition) is 6. The number of nitrogen functional groups attached to an aromatic ring is 1. The summed E-state index contributed by atoms with van der Waals surface area (Å²) < 4.78 is 15.7. The molecule has 38 heavy (non-hydrogen) atoms. The first kappa shape index (κ1) is 25.3. The van der Waals surface area contributed by atoms with Crippen molar-refractivity contribution in [3.63, 3.8) is 0 Å². The molecule has 9 heteroatoms. The van der Waals surface area contributed by atoms with Crippen LogP contribution in [0.1, 0.15) is 46.8 Å². The van der Waals surface area contributed by atoms with Crippen LogP contribution in [0.2, 0.25) is 0 Å². The van der Waals surface area contributed by atoms with Crippen molar-refractivity contribution in [1.82, 2.24) is 24.6 Å². The van der Waals surface area contributed by atoms with Crippen molar-refractivity contribution < 1.29 is 14.0 Å². The van der Waals surface area contributed by atoms with Crippen molar-refractivity contribution in [1.29, 1.82) is 0 Å². The molecular formula is C29H29FN6O2. The number of halogens is 1. The number of rotatable bonds is 7. The van der Waals surface area contributed by atoms with Crippen molar-refractivity contribution in [2.24, 2.45) is 0 Å². The lowest BCUT2D eigenvalue weighted by Gasteiger charge is -2.32. The second-order valence-electron chi connectivity index (χ2n) is 9.57. The summed E-state index contributed by atoms with van der Waals surface area (Å²) in [5.74, 6) is -0.214. The predicted octanol–water partition coefficient (Wildman–Crippen LogP) is 4.69. The van der Waals surface area contributed by atoms with E-state index in [1.165, 1.54) is 18.5 Å². The molecule has 2 N–H and O–H groups in total. The molecule has 0 radical (unpaired) electrons. The summed E-state index contributed by atoms with van der Waals surface area (Å²) in [5, 5.41) is 5.58. The van der Waals surface area contributed by atoms with Crippen molar-refractivity contribution in [3.8, 4) is 11.3 Å². The number of Topliss-reactive ketones (excluding diaryl/α,β-unsaturated/α-hetero) is 1. The van der Waals surface area contributed by atoms with Gasteiger partial charge in [0.05, 0.1) is 11.4 Å². The Balaban J connectivity index is 1.39. The SMILES string of the molecule is C=CC(=O)N1CCCC(n2nc(-c3ccc(CCC(=O)c4cccc(F)c4C)cc3)c3c(N)ncnc32)C1. The number of likely N-dealkylation sites (tertiary alicyclic amines) is 1. The molecule has 1 aliphatic rings. The minimum atomic E-state index is -0.372. The Kier molecular flexibility index (Phi) is 7.00. The maximum atomic E-state index is 13.8. The summed E-state index contributed by atoms with van der Waals surface area (Å²) in [6.45, 7) is 6.43. The first-order chi connectivity index (χ1) is 18.4. The van der Waals surface area contributed by atoms with Crippen molar-refractivity contribution >= 4 is 28.5 Å². The van der Waals surface area contributed by atoms with Gasteiger partial charge in [0.1, 0.15) is 23.7 Å². The number of nitrogens with two attached hydrogens (primary N) is 1. The van der Waals surface area contributed by atoms with Crippen LogP contribution in [-0.4, -0.2) is 49.4 Å². The first-order valence-electron chi connectivity index (χ1n) is 12.6. The van der Waals surface area contributed by atoms with Crippen molar-refractivity contribution in [2.45, 2.75) is 38.6 Å². The molecule has 2 aromatic heterocycles. The lowest BCUT2D eigenvalue weighted by Crippen LogP contribution is -2.40.